The molecule has 0 aromatic carbocycles. The Labute approximate surface area is 132 Å². The largest absolute Gasteiger partial charge is 0.444 e. The molecule has 2 rings (SSSR count). The highest BCUT2D eigenvalue weighted by atomic mass is 16.6. The summed E-state index contributed by atoms with van der Waals surface area (Å²) in [6.07, 6.45) is 3.66. The molecule has 0 spiro atoms. The van der Waals surface area contributed by atoms with Crippen LogP contribution in [0.1, 0.15) is 53.4 Å². The first kappa shape index (κ1) is 17.1. The van der Waals surface area contributed by atoms with Crippen LogP contribution >= 0.6 is 0 Å². The lowest BCUT2D eigenvalue weighted by Gasteiger charge is -2.34. The van der Waals surface area contributed by atoms with Crippen molar-refractivity contribution in [3.63, 3.8) is 0 Å². The van der Waals surface area contributed by atoms with Crippen LogP contribution in [0.3, 0.4) is 0 Å². The third-order valence-corrected chi connectivity index (χ3v) is 3.95. The van der Waals surface area contributed by atoms with Crippen molar-refractivity contribution < 1.29 is 14.3 Å². The summed E-state index contributed by atoms with van der Waals surface area (Å²) in [5.74, 6) is 0.0806. The zero-order chi connectivity index (χ0) is 16.3. The molecule has 6 nitrogen and oxygen atoms in total. The van der Waals surface area contributed by atoms with Gasteiger partial charge < -0.3 is 20.3 Å². The molecule has 2 fully saturated rings. The minimum absolute atomic E-state index is 0.0806. The van der Waals surface area contributed by atoms with Crippen LogP contribution in [-0.4, -0.2) is 53.7 Å². The molecule has 1 saturated heterocycles. The van der Waals surface area contributed by atoms with E-state index in [1.165, 1.54) is 0 Å². The van der Waals surface area contributed by atoms with Crippen LogP contribution in [0.4, 0.5) is 4.79 Å². The Kier molecular flexibility index (Phi) is 5.32. The first-order valence-electron chi connectivity index (χ1n) is 8.29. The van der Waals surface area contributed by atoms with Gasteiger partial charge in [0.25, 0.3) is 0 Å². The highest BCUT2D eigenvalue weighted by molar-refractivity contribution is 5.81. The second-order valence-corrected chi connectivity index (χ2v) is 7.41. The number of hydrogen-bond donors (Lipinski definition) is 2. The standard InChI is InChI=1S/C16H29N3O3/c1-11(14(20)18-12-5-6-12)17-13-7-9-19(10-8-13)15(21)22-16(2,3)4/h11-13,17H,5-10H2,1-4H3,(H,18,20). The highest BCUT2D eigenvalue weighted by Gasteiger charge is 2.29. The smallest absolute Gasteiger partial charge is 0.410 e. The number of carbonyl (C=O) groups is 2. The molecule has 1 aliphatic carbocycles. The molecule has 2 N–H and O–H groups in total. The quantitative estimate of drug-likeness (QED) is 0.828. The van der Waals surface area contributed by atoms with Crippen molar-refractivity contribution >= 4 is 12.0 Å². The molecule has 2 amide bonds. The van der Waals surface area contributed by atoms with Gasteiger partial charge in [0.1, 0.15) is 5.60 Å². The topological polar surface area (TPSA) is 70.7 Å². The van der Waals surface area contributed by atoms with Crippen molar-refractivity contribution in [1.29, 1.82) is 0 Å². The first-order valence-corrected chi connectivity index (χ1v) is 8.29. The van der Waals surface area contributed by atoms with E-state index in [0.29, 0.717) is 19.1 Å². The maximum atomic E-state index is 12.0. The van der Waals surface area contributed by atoms with E-state index in [1.54, 1.807) is 4.90 Å². The Morgan fingerprint density at radius 2 is 1.68 bits per heavy atom. The van der Waals surface area contributed by atoms with Gasteiger partial charge in [0.05, 0.1) is 6.04 Å². The number of piperidine rings is 1. The van der Waals surface area contributed by atoms with E-state index in [2.05, 4.69) is 10.6 Å². The lowest BCUT2D eigenvalue weighted by molar-refractivity contribution is -0.123. The van der Waals surface area contributed by atoms with Gasteiger partial charge in [-0.2, -0.15) is 0 Å². The molecule has 0 radical (unpaired) electrons. The maximum Gasteiger partial charge on any atom is 0.410 e. The third-order valence-electron chi connectivity index (χ3n) is 3.95. The van der Waals surface area contributed by atoms with E-state index in [-0.39, 0.29) is 24.1 Å². The van der Waals surface area contributed by atoms with Crippen molar-refractivity contribution in [3.8, 4) is 0 Å². The van der Waals surface area contributed by atoms with Gasteiger partial charge in [-0.05, 0) is 53.4 Å². The highest BCUT2D eigenvalue weighted by Crippen LogP contribution is 2.19. The van der Waals surface area contributed by atoms with Crippen molar-refractivity contribution in [2.75, 3.05) is 13.1 Å². The number of nitrogens with one attached hydrogen (secondary N) is 2. The van der Waals surface area contributed by atoms with Crippen LogP contribution in [0.15, 0.2) is 0 Å². The van der Waals surface area contributed by atoms with Crippen molar-refractivity contribution in [2.45, 2.75) is 77.1 Å². The van der Waals surface area contributed by atoms with Gasteiger partial charge in [-0.1, -0.05) is 0 Å². The summed E-state index contributed by atoms with van der Waals surface area (Å²) in [7, 11) is 0. The minimum atomic E-state index is -0.457. The normalized spacial score (nSPS) is 21.4. The predicted molar refractivity (Wildman–Crippen MR) is 84.6 cm³/mol. The molecule has 1 atom stereocenters. The molecule has 1 aliphatic heterocycles. The van der Waals surface area contributed by atoms with Crippen LogP contribution in [-0.2, 0) is 9.53 Å². The molecule has 1 unspecified atom stereocenters. The average Bonchev–Trinajstić information content (AvgIpc) is 3.21. The average molecular weight is 311 g/mol. The fourth-order valence-corrected chi connectivity index (χ4v) is 2.54. The minimum Gasteiger partial charge on any atom is -0.444 e. The second-order valence-electron chi connectivity index (χ2n) is 7.41. The third kappa shape index (κ3) is 5.48. The molecule has 0 bridgehead atoms. The molecule has 22 heavy (non-hydrogen) atoms. The lowest BCUT2D eigenvalue weighted by Crippen LogP contribution is -2.52. The summed E-state index contributed by atoms with van der Waals surface area (Å²) in [6.45, 7) is 8.86. The van der Waals surface area contributed by atoms with Crippen LogP contribution in [0, 0.1) is 0 Å². The monoisotopic (exact) mass is 311 g/mol. The SMILES string of the molecule is CC(NC1CCN(C(=O)OC(C)(C)C)CC1)C(=O)NC1CC1. The summed E-state index contributed by atoms with van der Waals surface area (Å²) < 4.78 is 5.38. The van der Waals surface area contributed by atoms with E-state index in [0.717, 1.165) is 25.7 Å². The lowest BCUT2D eigenvalue weighted by atomic mass is 10.0. The molecule has 1 heterocycles. The van der Waals surface area contributed by atoms with Crippen LogP contribution < -0.4 is 10.6 Å². The summed E-state index contributed by atoms with van der Waals surface area (Å²) in [5, 5.41) is 6.38. The van der Waals surface area contributed by atoms with Crippen LogP contribution in [0.5, 0.6) is 0 Å². The van der Waals surface area contributed by atoms with Crippen molar-refractivity contribution in [2.24, 2.45) is 0 Å². The Morgan fingerprint density at radius 1 is 1.09 bits per heavy atom. The zero-order valence-electron chi connectivity index (χ0n) is 14.1. The van der Waals surface area contributed by atoms with Gasteiger partial charge in [0, 0.05) is 25.2 Å². The molecular formula is C16H29N3O3. The van der Waals surface area contributed by atoms with E-state index in [1.807, 2.05) is 27.7 Å². The maximum absolute atomic E-state index is 12.0. The first-order chi connectivity index (χ1) is 10.2. The van der Waals surface area contributed by atoms with Gasteiger partial charge >= 0.3 is 6.09 Å². The predicted octanol–water partition coefficient (Wildman–Crippen LogP) is 1.64. The fraction of sp³-hybridized carbons (Fsp3) is 0.875. The summed E-state index contributed by atoms with van der Waals surface area (Å²) >= 11 is 0. The molecule has 6 heteroatoms. The summed E-state index contributed by atoms with van der Waals surface area (Å²) in [6, 6.07) is 0.489. The van der Waals surface area contributed by atoms with Crippen molar-refractivity contribution in [3.05, 3.63) is 0 Å². The molecule has 1 saturated carbocycles. The summed E-state index contributed by atoms with van der Waals surface area (Å²) in [5.41, 5.74) is -0.457. The molecule has 126 valence electrons. The van der Waals surface area contributed by atoms with Gasteiger partial charge in [-0.3, -0.25) is 4.79 Å². The molecule has 0 aromatic rings. The molecule has 2 aliphatic rings. The van der Waals surface area contributed by atoms with Crippen LogP contribution in [0.25, 0.3) is 0 Å². The van der Waals surface area contributed by atoms with E-state index in [9.17, 15) is 9.59 Å². The zero-order valence-corrected chi connectivity index (χ0v) is 14.1. The van der Waals surface area contributed by atoms with E-state index < -0.39 is 5.60 Å². The van der Waals surface area contributed by atoms with E-state index >= 15 is 0 Å². The second kappa shape index (κ2) is 6.86. The van der Waals surface area contributed by atoms with Gasteiger partial charge in [-0.25, -0.2) is 4.79 Å². The number of rotatable bonds is 4. The number of amides is 2. The number of nitrogens with zero attached hydrogens (tertiary/aromatic N) is 1. The van der Waals surface area contributed by atoms with E-state index in [4.69, 9.17) is 4.74 Å². The van der Waals surface area contributed by atoms with Gasteiger partial charge in [0.2, 0.25) is 5.91 Å². The van der Waals surface area contributed by atoms with Gasteiger partial charge in [-0.15, -0.1) is 0 Å². The summed E-state index contributed by atoms with van der Waals surface area (Å²) in [4.78, 5) is 25.7. The Hall–Kier alpha value is -1.30. The Balaban J connectivity index is 1.70. The molecule has 0 aromatic heterocycles. The number of carbonyl (C=O) groups excluding carboxylic acids is 2. The number of ether oxygens (including phenoxy) is 1. The number of likely N-dealkylation sites (tertiary alicyclic amines) is 1. The number of hydrogen-bond acceptors (Lipinski definition) is 4. The fourth-order valence-electron chi connectivity index (χ4n) is 2.54. The Bertz CT molecular complexity index is 407. The van der Waals surface area contributed by atoms with Crippen molar-refractivity contribution in [1.82, 2.24) is 15.5 Å². The molecular weight excluding hydrogens is 282 g/mol. The van der Waals surface area contributed by atoms with Gasteiger partial charge in [0.15, 0.2) is 0 Å². The Morgan fingerprint density at radius 3 is 2.18 bits per heavy atom. The van der Waals surface area contributed by atoms with Crippen LogP contribution in [0.2, 0.25) is 0 Å².